The van der Waals surface area contributed by atoms with Crippen molar-refractivity contribution in [2.45, 2.75) is 13.5 Å². The summed E-state index contributed by atoms with van der Waals surface area (Å²) in [5, 5.41) is 6.21. The van der Waals surface area contributed by atoms with Crippen molar-refractivity contribution in [2.24, 2.45) is 0 Å². The van der Waals surface area contributed by atoms with Gasteiger partial charge in [0.05, 0.1) is 0 Å². The molecule has 0 heterocycles. The van der Waals surface area contributed by atoms with E-state index in [-0.39, 0.29) is 11.7 Å². The van der Waals surface area contributed by atoms with Crippen LogP contribution in [0.3, 0.4) is 0 Å². The number of carbonyl (C=O) groups excluding carboxylic acids is 1. The van der Waals surface area contributed by atoms with E-state index in [0.29, 0.717) is 17.1 Å². The van der Waals surface area contributed by atoms with Gasteiger partial charge >= 0.3 is 0 Å². The normalized spacial score (nSPS) is 10.3. The van der Waals surface area contributed by atoms with E-state index in [4.69, 9.17) is 11.6 Å². The third-order valence-corrected chi connectivity index (χ3v) is 3.55. The van der Waals surface area contributed by atoms with Crippen molar-refractivity contribution >= 4 is 23.2 Å². The summed E-state index contributed by atoms with van der Waals surface area (Å²) >= 11 is 5.99. The van der Waals surface area contributed by atoms with Crippen molar-refractivity contribution in [2.75, 3.05) is 12.4 Å². The molecule has 110 valence electrons. The average Bonchev–Trinajstić information content (AvgIpc) is 2.46. The second-order valence-corrected chi connectivity index (χ2v) is 5.11. The molecule has 0 aliphatic carbocycles. The van der Waals surface area contributed by atoms with Gasteiger partial charge in [0, 0.05) is 29.9 Å². The quantitative estimate of drug-likeness (QED) is 0.903. The van der Waals surface area contributed by atoms with Crippen molar-refractivity contribution in [3.63, 3.8) is 0 Å². The molecule has 0 bridgehead atoms. The Bertz CT molecular complexity index is 673. The first-order valence-electron chi connectivity index (χ1n) is 6.52. The Morgan fingerprint density at radius 2 is 2.00 bits per heavy atom. The second kappa shape index (κ2) is 6.59. The van der Waals surface area contributed by atoms with E-state index in [9.17, 15) is 9.18 Å². The number of nitrogens with one attached hydrogen (secondary N) is 2. The molecular weight excluding hydrogens is 291 g/mol. The molecule has 21 heavy (non-hydrogen) atoms. The molecule has 2 aromatic rings. The molecule has 2 aromatic carbocycles. The maximum absolute atomic E-state index is 13.0. The monoisotopic (exact) mass is 306 g/mol. The van der Waals surface area contributed by atoms with Crippen LogP contribution in [0.25, 0.3) is 0 Å². The number of hydrogen-bond acceptors (Lipinski definition) is 2. The van der Waals surface area contributed by atoms with Crippen molar-refractivity contribution in [3.05, 3.63) is 63.9 Å². The lowest BCUT2D eigenvalue weighted by atomic mass is 10.1. The number of carbonyl (C=O) groups is 1. The Balaban J connectivity index is 2.11. The highest BCUT2D eigenvalue weighted by Gasteiger charge is 2.07. The summed E-state index contributed by atoms with van der Waals surface area (Å²) in [5.41, 5.74) is 3.28. The largest absolute Gasteiger partial charge is 0.381 e. The van der Waals surface area contributed by atoms with Crippen LogP contribution >= 0.6 is 11.6 Å². The van der Waals surface area contributed by atoms with E-state index >= 15 is 0 Å². The number of aryl methyl sites for hydroxylation is 1. The summed E-state index contributed by atoms with van der Waals surface area (Å²) in [5.74, 6) is -0.471. The smallest absolute Gasteiger partial charge is 0.251 e. The molecule has 0 aliphatic heterocycles. The van der Waals surface area contributed by atoms with Gasteiger partial charge in [-0.15, -0.1) is 0 Å². The van der Waals surface area contributed by atoms with Crippen LogP contribution in [0, 0.1) is 12.7 Å². The maximum Gasteiger partial charge on any atom is 0.251 e. The minimum Gasteiger partial charge on any atom is -0.381 e. The molecule has 0 atom stereocenters. The maximum atomic E-state index is 13.0. The van der Waals surface area contributed by atoms with E-state index in [2.05, 4.69) is 10.6 Å². The van der Waals surface area contributed by atoms with Crippen LogP contribution in [0.5, 0.6) is 0 Å². The lowest BCUT2D eigenvalue weighted by molar-refractivity contribution is 0.0963. The number of halogens is 2. The number of anilines is 1. The summed E-state index contributed by atoms with van der Waals surface area (Å²) < 4.78 is 13.0. The van der Waals surface area contributed by atoms with Gasteiger partial charge < -0.3 is 10.6 Å². The van der Waals surface area contributed by atoms with Gasteiger partial charge in [-0.05, 0) is 48.4 Å². The highest BCUT2D eigenvalue weighted by molar-refractivity contribution is 6.31. The van der Waals surface area contributed by atoms with Crippen molar-refractivity contribution < 1.29 is 9.18 Å². The van der Waals surface area contributed by atoms with E-state index in [0.717, 1.165) is 16.8 Å². The number of benzene rings is 2. The van der Waals surface area contributed by atoms with Gasteiger partial charge in [0.15, 0.2) is 0 Å². The molecule has 0 saturated heterocycles. The van der Waals surface area contributed by atoms with E-state index in [1.54, 1.807) is 19.2 Å². The molecule has 3 nitrogen and oxygen atoms in total. The van der Waals surface area contributed by atoms with Crippen LogP contribution in [0.2, 0.25) is 5.02 Å². The summed E-state index contributed by atoms with van der Waals surface area (Å²) in [6, 6.07) is 9.73. The Kier molecular flexibility index (Phi) is 4.81. The molecular formula is C16H16ClFN2O. The Labute approximate surface area is 128 Å². The molecule has 5 heteroatoms. The first-order chi connectivity index (χ1) is 10.0. The molecule has 0 unspecified atom stereocenters. The van der Waals surface area contributed by atoms with Crippen LogP contribution in [-0.2, 0) is 6.54 Å². The predicted molar refractivity (Wildman–Crippen MR) is 83.3 cm³/mol. The molecule has 2 rings (SSSR count). The third kappa shape index (κ3) is 3.73. The molecule has 0 spiro atoms. The topological polar surface area (TPSA) is 41.1 Å². The lowest BCUT2D eigenvalue weighted by Crippen LogP contribution is -2.17. The zero-order valence-corrected chi connectivity index (χ0v) is 12.6. The Morgan fingerprint density at radius 1 is 1.24 bits per heavy atom. The standard InChI is InChI=1S/C16H16ClFN2O/c1-10-7-11(16(21)19-2)4-6-15(10)20-9-12-3-5-13(18)8-14(12)17/h3-8,20H,9H2,1-2H3,(H,19,21). The van der Waals surface area contributed by atoms with E-state index in [1.165, 1.54) is 12.1 Å². The molecule has 0 saturated carbocycles. The van der Waals surface area contributed by atoms with E-state index in [1.807, 2.05) is 19.1 Å². The predicted octanol–water partition coefficient (Wildman–Crippen LogP) is 3.76. The molecule has 0 aromatic heterocycles. The van der Waals surface area contributed by atoms with Crippen LogP contribution < -0.4 is 10.6 Å². The summed E-state index contributed by atoms with van der Waals surface area (Å²) in [4.78, 5) is 11.5. The Morgan fingerprint density at radius 3 is 2.62 bits per heavy atom. The summed E-state index contributed by atoms with van der Waals surface area (Å²) in [7, 11) is 1.60. The third-order valence-electron chi connectivity index (χ3n) is 3.20. The SMILES string of the molecule is CNC(=O)c1ccc(NCc2ccc(F)cc2Cl)c(C)c1. The van der Waals surface area contributed by atoms with Gasteiger partial charge in [0.2, 0.25) is 0 Å². The number of amides is 1. The first-order valence-corrected chi connectivity index (χ1v) is 6.89. The lowest BCUT2D eigenvalue weighted by Gasteiger charge is -2.12. The summed E-state index contributed by atoms with van der Waals surface area (Å²) in [6.45, 7) is 2.40. The van der Waals surface area contributed by atoms with Crippen LogP contribution in [0.4, 0.5) is 10.1 Å². The van der Waals surface area contributed by atoms with Gasteiger partial charge in [0.1, 0.15) is 5.82 Å². The number of hydrogen-bond donors (Lipinski definition) is 2. The van der Waals surface area contributed by atoms with Gasteiger partial charge in [-0.1, -0.05) is 17.7 Å². The minimum absolute atomic E-state index is 0.119. The minimum atomic E-state index is -0.352. The van der Waals surface area contributed by atoms with Crippen LogP contribution in [0.15, 0.2) is 36.4 Å². The number of rotatable bonds is 4. The van der Waals surface area contributed by atoms with Gasteiger partial charge in [0.25, 0.3) is 5.91 Å². The second-order valence-electron chi connectivity index (χ2n) is 4.70. The van der Waals surface area contributed by atoms with Crippen LogP contribution in [0.1, 0.15) is 21.5 Å². The van der Waals surface area contributed by atoms with Gasteiger partial charge in [-0.2, -0.15) is 0 Å². The highest BCUT2D eigenvalue weighted by atomic mass is 35.5. The molecule has 1 amide bonds. The van der Waals surface area contributed by atoms with Gasteiger partial charge in [-0.3, -0.25) is 4.79 Å². The van der Waals surface area contributed by atoms with E-state index < -0.39 is 0 Å². The fourth-order valence-corrected chi connectivity index (χ4v) is 2.24. The van der Waals surface area contributed by atoms with Crippen molar-refractivity contribution in [3.8, 4) is 0 Å². The Hall–Kier alpha value is -2.07. The first kappa shape index (κ1) is 15.3. The highest BCUT2D eigenvalue weighted by Crippen LogP contribution is 2.21. The summed E-state index contributed by atoms with van der Waals surface area (Å²) in [6.07, 6.45) is 0. The van der Waals surface area contributed by atoms with Crippen molar-refractivity contribution in [1.82, 2.24) is 5.32 Å². The van der Waals surface area contributed by atoms with Crippen LogP contribution in [-0.4, -0.2) is 13.0 Å². The molecule has 0 radical (unpaired) electrons. The fourth-order valence-electron chi connectivity index (χ4n) is 2.00. The molecule has 0 aliphatic rings. The molecule has 0 fully saturated rings. The molecule has 2 N–H and O–H groups in total. The zero-order valence-electron chi connectivity index (χ0n) is 11.8. The van der Waals surface area contributed by atoms with Gasteiger partial charge in [-0.25, -0.2) is 4.39 Å². The fraction of sp³-hybridized carbons (Fsp3) is 0.188. The van der Waals surface area contributed by atoms with Crippen molar-refractivity contribution in [1.29, 1.82) is 0 Å². The zero-order chi connectivity index (χ0) is 15.4. The average molecular weight is 307 g/mol.